The molecule has 0 aliphatic heterocycles. The molecule has 0 bridgehead atoms. The van der Waals surface area contributed by atoms with E-state index in [1.54, 1.807) is 6.92 Å². The fourth-order valence-electron chi connectivity index (χ4n) is 4.68. The van der Waals surface area contributed by atoms with Crippen molar-refractivity contribution in [1.82, 2.24) is 9.97 Å². The summed E-state index contributed by atoms with van der Waals surface area (Å²) in [5.41, 5.74) is -0.855. The van der Waals surface area contributed by atoms with Crippen LogP contribution < -0.4 is 5.32 Å². The number of nitrogens with zero attached hydrogens (tertiary/aromatic N) is 2. The number of aromatic nitrogens is 2. The van der Waals surface area contributed by atoms with E-state index < -0.39 is 34.9 Å². The molecule has 0 radical (unpaired) electrons. The molecule has 6 nitrogen and oxygen atoms in total. The van der Waals surface area contributed by atoms with E-state index in [9.17, 15) is 28.3 Å². The quantitative estimate of drug-likeness (QED) is 0.494. The third-order valence-corrected chi connectivity index (χ3v) is 6.46. The zero-order chi connectivity index (χ0) is 23.0. The van der Waals surface area contributed by atoms with Gasteiger partial charge in [0, 0.05) is 29.3 Å². The first-order valence-corrected chi connectivity index (χ1v) is 10.4. The SMILES string of the molecule is CCC1(C(=O)O)CCCCC1Nc1nc(-c2c[nH]c3c(F)cc(F)cc23)c(C#N)cc1F. The van der Waals surface area contributed by atoms with Crippen LogP contribution in [0.5, 0.6) is 0 Å². The Morgan fingerprint density at radius 3 is 2.78 bits per heavy atom. The molecule has 1 aliphatic rings. The Morgan fingerprint density at radius 2 is 2.09 bits per heavy atom. The van der Waals surface area contributed by atoms with Crippen LogP contribution in [-0.2, 0) is 4.79 Å². The molecule has 1 aromatic carbocycles. The number of carboxylic acid groups (broad SMARTS) is 1. The maximum Gasteiger partial charge on any atom is 0.311 e. The van der Waals surface area contributed by atoms with Gasteiger partial charge in [0.2, 0.25) is 0 Å². The molecule has 2 heterocycles. The molecule has 0 spiro atoms. The highest BCUT2D eigenvalue weighted by atomic mass is 19.1. The van der Waals surface area contributed by atoms with Crippen LogP contribution >= 0.6 is 0 Å². The van der Waals surface area contributed by atoms with Crippen molar-refractivity contribution >= 4 is 22.7 Å². The van der Waals surface area contributed by atoms with Gasteiger partial charge >= 0.3 is 5.97 Å². The summed E-state index contributed by atoms with van der Waals surface area (Å²) < 4.78 is 42.8. The van der Waals surface area contributed by atoms with E-state index in [-0.39, 0.29) is 33.5 Å². The first-order valence-electron chi connectivity index (χ1n) is 10.4. The lowest BCUT2D eigenvalue weighted by atomic mass is 9.68. The molecule has 3 N–H and O–H groups in total. The molecule has 9 heteroatoms. The average molecular weight is 442 g/mol. The van der Waals surface area contributed by atoms with Crippen LogP contribution in [0.25, 0.3) is 22.2 Å². The van der Waals surface area contributed by atoms with Crippen molar-refractivity contribution in [1.29, 1.82) is 5.26 Å². The maximum atomic E-state index is 14.9. The highest BCUT2D eigenvalue weighted by Gasteiger charge is 2.46. The normalized spacial score (nSPS) is 20.8. The van der Waals surface area contributed by atoms with E-state index in [0.717, 1.165) is 31.0 Å². The molecule has 1 aliphatic carbocycles. The van der Waals surface area contributed by atoms with Gasteiger partial charge in [-0.15, -0.1) is 0 Å². The number of aliphatic carboxylic acids is 1. The third-order valence-electron chi connectivity index (χ3n) is 6.46. The second-order valence-corrected chi connectivity index (χ2v) is 8.10. The summed E-state index contributed by atoms with van der Waals surface area (Å²) in [4.78, 5) is 19.1. The number of rotatable bonds is 5. The standard InChI is InChI=1S/C23H21F3N4O2/c1-2-23(22(31)32)6-4-3-5-18(23)29-21-17(26)7-12(10-27)19(30-21)15-11-28-20-14(15)8-13(24)9-16(20)25/h7-9,11,18,28H,2-6H2,1H3,(H,29,30)(H,31,32). The van der Waals surface area contributed by atoms with Gasteiger partial charge in [0.1, 0.15) is 17.7 Å². The Labute approximate surface area is 182 Å². The second kappa shape index (κ2) is 8.19. The Balaban J connectivity index is 1.83. The molecule has 0 saturated heterocycles. The van der Waals surface area contributed by atoms with Crippen LogP contribution in [0.3, 0.4) is 0 Å². The van der Waals surface area contributed by atoms with Gasteiger partial charge in [-0.25, -0.2) is 18.2 Å². The number of pyridine rings is 1. The first-order chi connectivity index (χ1) is 15.3. The molecule has 166 valence electrons. The van der Waals surface area contributed by atoms with Crippen LogP contribution in [0.1, 0.15) is 44.6 Å². The zero-order valence-corrected chi connectivity index (χ0v) is 17.3. The predicted octanol–water partition coefficient (Wildman–Crippen LogP) is 5.35. The van der Waals surface area contributed by atoms with Crippen molar-refractivity contribution in [3.8, 4) is 17.3 Å². The molecule has 0 amide bonds. The zero-order valence-electron chi connectivity index (χ0n) is 17.3. The van der Waals surface area contributed by atoms with E-state index in [4.69, 9.17) is 0 Å². The van der Waals surface area contributed by atoms with Gasteiger partial charge < -0.3 is 15.4 Å². The highest BCUT2D eigenvalue weighted by molar-refractivity contribution is 5.96. The number of nitriles is 1. The minimum absolute atomic E-state index is 0.0362. The highest BCUT2D eigenvalue weighted by Crippen LogP contribution is 2.42. The summed E-state index contributed by atoms with van der Waals surface area (Å²) in [6.07, 6.45) is 4.29. The summed E-state index contributed by atoms with van der Waals surface area (Å²) in [5.74, 6) is -3.55. The van der Waals surface area contributed by atoms with E-state index in [2.05, 4.69) is 15.3 Å². The van der Waals surface area contributed by atoms with Gasteiger partial charge in [-0.3, -0.25) is 4.79 Å². The first kappa shape index (κ1) is 21.7. The fourth-order valence-corrected chi connectivity index (χ4v) is 4.68. The van der Waals surface area contributed by atoms with Crippen molar-refractivity contribution in [2.24, 2.45) is 5.41 Å². The van der Waals surface area contributed by atoms with Crippen molar-refractivity contribution in [3.05, 3.63) is 47.4 Å². The smallest absolute Gasteiger partial charge is 0.311 e. The van der Waals surface area contributed by atoms with Crippen LogP contribution in [-0.4, -0.2) is 27.1 Å². The summed E-state index contributed by atoms with van der Waals surface area (Å²) in [5, 5.41) is 22.5. The van der Waals surface area contributed by atoms with Crippen LogP contribution in [0.2, 0.25) is 0 Å². The van der Waals surface area contributed by atoms with Crippen molar-refractivity contribution in [3.63, 3.8) is 0 Å². The largest absolute Gasteiger partial charge is 0.481 e. The molecule has 1 fully saturated rings. The summed E-state index contributed by atoms with van der Waals surface area (Å²) in [6.45, 7) is 1.79. The number of aromatic amines is 1. The number of halogens is 3. The Kier molecular flexibility index (Phi) is 5.55. The Bertz CT molecular complexity index is 1250. The summed E-state index contributed by atoms with van der Waals surface area (Å²) in [6, 6.07) is 4.15. The lowest BCUT2D eigenvalue weighted by molar-refractivity contribution is -0.152. The number of H-pyrrole nitrogens is 1. The van der Waals surface area contributed by atoms with Gasteiger partial charge in [0.15, 0.2) is 11.6 Å². The van der Waals surface area contributed by atoms with Crippen LogP contribution in [0.4, 0.5) is 19.0 Å². The van der Waals surface area contributed by atoms with Crippen LogP contribution in [0.15, 0.2) is 24.4 Å². The van der Waals surface area contributed by atoms with Gasteiger partial charge in [-0.1, -0.05) is 19.8 Å². The van der Waals surface area contributed by atoms with E-state index in [0.29, 0.717) is 19.3 Å². The van der Waals surface area contributed by atoms with E-state index in [1.165, 1.54) is 6.20 Å². The van der Waals surface area contributed by atoms with Crippen molar-refractivity contribution in [2.75, 3.05) is 5.32 Å². The van der Waals surface area contributed by atoms with Crippen molar-refractivity contribution in [2.45, 2.75) is 45.1 Å². The monoisotopic (exact) mass is 442 g/mol. The Morgan fingerprint density at radius 1 is 1.31 bits per heavy atom. The number of benzene rings is 1. The molecule has 2 aromatic heterocycles. The molecule has 4 rings (SSSR count). The van der Waals surface area contributed by atoms with E-state index in [1.807, 2.05) is 6.07 Å². The lowest BCUT2D eigenvalue weighted by Crippen LogP contribution is -2.48. The number of nitrogens with one attached hydrogen (secondary N) is 2. The number of hydrogen-bond donors (Lipinski definition) is 3. The number of carboxylic acids is 1. The third kappa shape index (κ3) is 3.45. The minimum Gasteiger partial charge on any atom is -0.481 e. The van der Waals surface area contributed by atoms with Crippen LogP contribution in [0, 0.1) is 34.2 Å². The topological polar surface area (TPSA) is 102 Å². The molecular weight excluding hydrogens is 421 g/mol. The lowest BCUT2D eigenvalue weighted by Gasteiger charge is -2.40. The summed E-state index contributed by atoms with van der Waals surface area (Å²) >= 11 is 0. The number of fused-ring (bicyclic) bond motifs is 1. The predicted molar refractivity (Wildman–Crippen MR) is 112 cm³/mol. The summed E-state index contributed by atoms with van der Waals surface area (Å²) in [7, 11) is 0. The van der Waals surface area contributed by atoms with Gasteiger partial charge in [-0.05, 0) is 31.4 Å². The molecular formula is C23H21F3N4O2. The molecule has 3 aromatic rings. The molecule has 2 atom stereocenters. The van der Waals surface area contributed by atoms with Gasteiger partial charge in [-0.2, -0.15) is 5.26 Å². The second-order valence-electron chi connectivity index (χ2n) is 8.10. The van der Waals surface area contributed by atoms with Gasteiger partial charge in [0.05, 0.1) is 22.2 Å². The number of carbonyl (C=O) groups is 1. The Hall–Kier alpha value is -3.54. The number of hydrogen-bond acceptors (Lipinski definition) is 4. The van der Waals surface area contributed by atoms with Gasteiger partial charge in [0.25, 0.3) is 0 Å². The average Bonchev–Trinajstić information content (AvgIpc) is 3.19. The molecule has 1 saturated carbocycles. The van der Waals surface area contributed by atoms with Crippen molar-refractivity contribution < 1.29 is 23.1 Å². The molecule has 32 heavy (non-hydrogen) atoms. The fraction of sp³-hybridized carbons (Fsp3) is 0.348. The minimum atomic E-state index is -1.06. The van der Waals surface area contributed by atoms with E-state index >= 15 is 0 Å². The number of anilines is 1. The maximum absolute atomic E-state index is 14.9. The molecule has 2 unspecified atom stereocenters.